The molecular formula is C12H19ClN4O. The minimum absolute atomic E-state index is 0.181. The number of aromatic nitrogens is 1. The van der Waals surface area contributed by atoms with Gasteiger partial charge < -0.3 is 10.7 Å². The molecule has 100 valence electrons. The number of hydrogen-bond acceptors (Lipinski definition) is 4. The first kappa shape index (κ1) is 14.7. The highest BCUT2D eigenvalue weighted by Crippen LogP contribution is 2.20. The molecular weight excluding hydrogens is 252 g/mol. The SMILES string of the molecule is CCC(C)(CC)NC(=O)c1cnc(NN)c(Cl)c1. The molecule has 0 fully saturated rings. The zero-order valence-corrected chi connectivity index (χ0v) is 11.6. The second-order valence-electron chi connectivity index (χ2n) is 4.42. The van der Waals surface area contributed by atoms with Gasteiger partial charge in [-0.1, -0.05) is 25.4 Å². The average Bonchev–Trinajstić information content (AvgIpc) is 2.38. The van der Waals surface area contributed by atoms with Crippen LogP contribution < -0.4 is 16.6 Å². The Morgan fingerprint density at radius 2 is 2.11 bits per heavy atom. The number of rotatable bonds is 5. The van der Waals surface area contributed by atoms with Gasteiger partial charge >= 0.3 is 0 Å². The van der Waals surface area contributed by atoms with Gasteiger partial charge in [0.25, 0.3) is 5.91 Å². The predicted molar refractivity (Wildman–Crippen MR) is 73.5 cm³/mol. The second kappa shape index (κ2) is 6.02. The number of amides is 1. The lowest BCUT2D eigenvalue weighted by molar-refractivity contribution is 0.0900. The summed E-state index contributed by atoms with van der Waals surface area (Å²) < 4.78 is 0. The van der Waals surface area contributed by atoms with E-state index in [1.165, 1.54) is 6.20 Å². The first-order chi connectivity index (χ1) is 8.45. The molecule has 0 spiro atoms. The molecule has 1 aromatic rings. The third kappa shape index (κ3) is 3.34. The molecule has 4 N–H and O–H groups in total. The Labute approximate surface area is 112 Å². The van der Waals surface area contributed by atoms with E-state index in [0.717, 1.165) is 12.8 Å². The summed E-state index contributed by atoms with van der Waals surface area (Å²) in [7, 11) is 0. The Morgan fingerprint density at radius 3 is 2.56 bits per heavy atom. The number of hydrogen-bond donors (Lipinski definition) is 3. The highest BCUT2D eigenvalue weighted by Gasteiger charge is 2.23. The van der Waals surface area contributed by atoms with Crippen LogP contribution in [0.1, 0.15) is 44.0 Å². The van der Waals surface area contributed by atoms with Gasteiger partial charge in [-0.2, -0.15) is 0 Å². The van der Waals surface area contributed by atoms with Gasteiger partial charge in [0.15, 0.2) is 5.82 Å². The molecule has 5 nitrogen and oxygen atoms in total. The Balaban J connectivity index is 2.88. The van der Waals surface area contributed by atoms with E-state index in [-0.39, 0.29) is 11.4 Å². The van der Waals surface area contributed by atoms with E-state index in [0.29, 0.717) is 16.4 Å². The van der Waals surface area contributed by atoms with Crippen molar-refractivity contribution >= 4 is 23.3 Å². The van der Waals surface area contributed by atoms with E-state index >= 15 is 0 Å². The Morgan fingerprint density at radius 1 is 1.50 bits per heavy atom. The highest BCUT2D eigenvalue weighted by molar-refractivity contribution is 6.33. The molecule has 18 heavy (non-hydrogen) atoms. The number of nitrogens with zero attached hydrogens (tertiary/aromatic N) is 1. The fourth-order valence-electron chi connectivity index (χ4n) is 1.44. The van der Waals surface area contributed by atoms with Crippen LogP contribution in [0.3, 0.4) is 0 Å². The van der Waals surface area contributed by atoms with Crippen LogP contribution in [0.5, 0.6) is 0 Å². The van der Waals surface area contributed by atoms with Gasteiger partial charge in [-0.05, 0) is 25.8 Å². The summed E-state index contributed by atoms with van der Waals surface area (Å²) in [5.74, 6) is 5.39. The van der Waals surface area contributed by atoms with Crippen LogP contribution >= 0.6 is 11.6 Å². The maximum Gasteiger partial charge on any atom is 0.253 e. The van der Waals surface area contributed by atoms with Crippen molar-refractivity contribution in [3.8, 4) is 0 Å². The van der Waals surface area contributed by atoms with Gasteiger partial charge in [0, 0.05) is 11.7 Å². The number of nitrogens with one attached hydrogen (secondary N) is 2. The Bertz CT molecular complexity index is 432. The van der Waals surface area contributed by atoms with Crippen LogP contribution in [0, 0.1) is 0 Å². The van der Waals surface area contributed by atoms with E-state index in [9.17, 15) is 4.79 Å². The lowest BCUT2D eigenvalue weighted by Gasteiger charge is -2.28. The van der Waals surface area contributed by atoms with Crippen LogP contribution in [-0.4, -0.2) is 16.4 Å². The zero-order valence-electron chi connectivity index (χ0n) is 10.9. The predicted octanol–water partition coefficient (Wildman–Crippen LogP) is 2.33. The molecule has 1 aromatic heterocycles. The molecule has 0 aromatic carbocycles. The number of anilines is 1. The van der Waals surface area contributed by atoms with Crippen LogP contribution in [0.25, 0.3) is 0 Å². The third-order valence-electron chi connectivity index (χ3n) is 3.22. The number of hydrazine groups is 1. The molecule has 0 saturated carbocycles. The van der Waals surface area contributed by atoms with E-state index in [1.807, 2.05) is 20.8 Å². The van der Waals surface area contributed by atoms with Gasteiger partial charge in [0.2, 0.25) is 0 Å². The van der Waals surface area contributed by atoms with Gasteiger partial charge in [-0.15, -0.1) is 0 Å². The first-order valence-electron chi connectivity index (χ1n) is 5.90. The van der Waals surface area contributed by atoms with Crippen molar-refractivity contribution in [3.63, 3.8) is 0 Å². The summed E-state index contributed by atoms with van der Waals surface area (Å²) in [6, 6.07) is 1.55. The quantitative estimate of drug-likeness (QED) is 0.567. The zero-order chi connectivity index (χ0) is 13.8. The van der Waals surface area contributed by atoms with Crippen molar-refractivity contribution in [1.82, 2.24) is 10.3 Å². The second-order valence-corrected chi connectivity index (χ2v) is 4.83. The number of nitrogen functional groups attached to an aromatic ring is 1. The Hall–Kier alpha value is -1.33. The molecule has 0 unspecified atom stereocenters. The molecule has 0 aliphatic heterocycles. The summed E-state index contributed by atoms with van der Waals surface area (Å²) in [5, 5.41) is 3.30. The standard InChI is InChI=1S/C12H19ClN4O/c1-4-12(3,5-2)16-11(18)8-6-9(13)10(17-14)15-7-8/h6-7H,4-5,14H2,1-3H3,(H,15,17)(H,16,18). The molecule has 0 saturated heterocycles. The number of carbonyl (C=O) groups excluding carboxylic acids is 1. The van der Waals surface area contributed by atoms with Crippen molar-refractivity contribution in [2.45, 2.75) is 39.2 Å². The van der Waals surface area contributed by atoms with Crippen molar-refractivity contribution in [1.29, 1.82) is 0 Å². The lowest BCUT2D eigenvalue weighted by atomic mass is 9.95. The number of pyridine rings is 1. The average molecular weight is 271 g/mol. The number of nitrogens with two attached hydrogens (primary N) is 1. The molecule has 1 rings (SSSR count). The molecule has 0 aliphatic carbocycles. The molecule has 0 radical (unpaired) electrons. The molecule has 1 heterocycles. The van der Waals surface area contributed by atoms with Gasteiger partial charge in [-0.25, -0.2) is 10.8 Å². The fraction of sp³-hybridized carbons (Fsp3) is 0.500. The van der Waals surface area contributed by atoms with Crippen LogP contribution in [0.2, 0.25) is 5.02 Å². The molecule has 0 aliphatic rings. The maximum absolute atomic E-state index is 12.1. The van der Waals surface area contributed by atoms with E-state index in [4.69, 9.17) is 17.4 Å². The van der Waals surface area contributed by atoms with Crippen LogP contribution in [0.15, 0.2) is 12.3 Å². The highest BCUT2D eigenvalue weighted by atomic mass is 35.5. The van der Waals surface area contributed by atoms with Crippen molar-refractivity contribution in [2.24, 2.45) is 5.84 Å². The van der Waals surface area contributed by atoms with Crippen molar-refractivity contribution in [2.75, 3.05) is 5.43 Å². The summed E-state index contributed by atoms with van der Waals surface area (Å²) in [4.78, 5) is 16.0. The molecule has 6 heteroatoms. The number of halogens is 1. The Kier molecular flexibility index (Phi) is 4.93. The van der Waals surface area contributed by atoms with Crippen molar-refractivity contribution < 1.29 is 4.79 Å². The summed E-state index contributed by atoms with van der Waals surface area (Å²) >= 11 is 5.93. The van der Waals surface area contributed by atoms with Gasteiger partial charge in [-0.3, -0.25) is 4.79 Å². The monoisotopic (exact) mass is 270 g/mol. The largest absolute Gasteiger partial charge is 0.347 e. The topological polar surface area (TPSA) is 80.0 Å². The van der Waals surface area contributed by atoms with Gasteiger partial charge in [0.1, 0.15) is 0 Å². The smallest absolute Gasteiger partial charge is 0.253 e. The van der Waals surface area contributed by atoms with Gasteiger partial charge in [0.05, 0.1) is 10.6 Å². The molecule has 0 bridgehead atoms. The molecule has 1 amide bonds. The van der Waals surface area contributed by atoms with E-state index < -0.39 is 0 Å². The maximum atomic E-state index is 12.1. The van der Waals surface area contributed by atoms with Crippen LogP contribution in [0.4, 0.5) is 5.82 Å². The molecule has 0 atom stereocenters. The van der Waals surface area contributed by atoms with Crippen molar-refractivity contribution in [3.05, 3.63) is 22.8 Å². The minimum Gasteiger partial charge on any atom is -0.347 e. The summed E-state index contributed by atoms with van der Waals surface area (Å²) in [5.41, 5.74) is 2.57. The lowest BCUT2D eigenvalue weighted by Crippen LogP contribution is -2.45. The third-order valence-corrected chi connectivity index (χ3v) is 3.50. The van der Waals surface area contributed by atoms with E-state index in [1.54, 1.807) is 6.07 Å². The van der Waals surface area contributed by atoms with Crippen LogP contribution in [-0.2, 0) is 0 Å². The van der Waals surface area contributed by atoms with E-state index in [2.05, 4.69) is 15.7 Å². The number of carbonyl (C=O) groups is 1. The first-order valence-corrected chi connectivity index (χ1v) is 6.28. The minimum atomic E-state index is -0.214. The fourth-order valence-corrected chi connectivity index (χ4v) is 1.66. The normalized spacial score (nSPS) is 11.2. The summed E-state index contributed by atoms with van der Waals surface area (Å²) in [6.45, 7) is 6.09. The summed E-state index contributed by atoms with van der Waals surface area (Å²) in [6.07, 6.45) is 3.17.